The van der Waals surface area contributed by atoms with Crippen molar-refractivity contribution in [2.45, 2.75) is 356 Å². The number of carbonyl (C=O) groups excluding carboxylic acids is 4. The molecule has 0 heterocycles. The largest absolute Gasteiger partial charge is 0.472 e. The van der Waals surface area contributed by atoms with Crippen molar-refractivity contribution in [1.29, 1.82) is 0 Å². The minimum Gasteiger partial charge on any atom is -0.462 e. The molecule has 0 radical (unpaired) electrons. The number of unbranched alkanes of at least 4 members (excludes halogenated alkanes) is 32. The molecule has 0 aromatic heterocycles. The number of ether oxygens (including phenoxy) is 4. The van der Waals surface area contributed by atoms with E-state index in [1.165, 1.54) is 135 Å². The minimum atomic E-state index is -4.95. The summed E-state index contributed by atoms with van der Waals surface area (Å²) < 4.78 is 68.2. The predicted octanol–water partition coefficient (Wildman–Crippen LogP) is 19.3. The number of aliphatic hydroxyl groups is 1. The molecular formula is C69H134O17P2. The van der Waals surface area contributed by atoms with Crippen LogP contribution < -0.4 is 0 Å². The van der Waals surface area contributed by atoms with Gasteiger partial charge in [0.25, 0.3) is 0 Å². The van der Waals surface area contributed by atoms with E-state index < -0.39 is 97.5 Å². The normalized spacial score (nSPS) is 14.3. The van der Waals surface area contributed by atoms with Crippen LogP contribution in [0.5, 0.6) is 0 Å². The third kappa shape index (κ3) is 62.8. The lowest BCUT2D eigenvalue weighted by Crippen LogP contribution is -2.30. The van der Waals surface area contributed by atoms with E-state index in [1.54, 1.807) is 0 Å². The van der Waals surface area contributed by atoms with E-state index in [1.807, 2.05) is 0 Å². The first-order valence-corrected chi connectivity index (χ1v) is 38.7. The van der Waals surface area contributed by atoms with Crippen molar-refractivity contribution in [2.24, 2.45) is 23.7 Å². The molecule has 0 saturated heterocycles. The number of aliphatic hydroxyl groups excluding tert-OH is 1. The highest BCUT2D eigenvalue weighted by Gasteiger charge is 2.30. The second kappa shape index (κ2) is 58.8. The molecule has 2 unspecified atom stereocenters. The molecule has 17 nitrogen and oxygen atoms in total. The smallest absolute Gasteiger partial charge is 0.462 e. The second-order valence-electron chi connectivity index (χ2n) is 26.8. The number of phosphoric acid groups is 2. The van der Waals surface area contributed by atoms with Crippen molar-refractivity contribution in [3.8, 4) is 0 Å². The number of hydrogen-bond donors (Lipinski definition) is 3. The van der Waals surface area contributed by atoms with Gasteiger partial charge in [0.2, 0.25) is 0 Å². The summed E-state index contributed by atoms with van der Waals surface area (Å²) in [6, 6.07) is 0. The van der Waals surface area contributed by atoms with Crippen LogP contribution in [0.4, 0.5) is 0 Å². The zero-order chi connectivity index (χ0) is 65.4. The zero-order valence-electron chi connectivity index (χ0n) is 57.3. The lowest BCUT2D eigenvalue weighted by molar-refractivity contribution is -0.161. The van der Waals surface area contributed by atoms with Crippen LogP contribution in [0.25, 0.3) is 0 Å². The van der Waals surface area contributed by atoms with E-state index in [4.69, 9.17) is 37.0 Å². The highest BCUT2D eigenvalue weighted by molar-refractivity contribution is 7.47. The highest BCUT2D eigenvalue weighted by Crippen LogP contribution is 2.45. The van der Waals surface area contributed by atoms with Gasteiger partial charge in [0.15, 0.2) is 12.2 Å². The monoisotopic (exact) mass is 1300 g/mol. The molecule has 0 aliphatic carbocycles. The lowest BCUT2D eigenvalue weighted by Gasteiger charge is -2.21. The van der Waals surface area contributed by atoms with Crippen LogP contribution in [0.3, 0.4) is 0 Å². The first-order valence-electron chi connectivity index (χ1n) is 35.7. The molecule has 19 heteroatoms. The molecule has 88 heavy (non-hydrogen) atoms. The Kier molecular flexibility index (Phi) is 57.6. The van der Waals surface area contributed by atoms with Gasteiger partial charge in [-0.25, -0.2) is 9.13 Å². The molecule has 0 amide bonds. The maximum Gasteiger partial charge on any atom is 0.472 e. The van der Waals surface area contributed by atoms with Gasteiger partial charge in [-0.2, -0.15) is 0 Å². The van der Waals surface area contributed by atoms with E-state index in [0.717, 1.165) is 114 Å². The maximum atomic E-state index is 13.0. The summed E-state index contributed by atoms with van der Waals surface area (Å²) in [5.41, 5.74) is 0. The van der Waals surface area contributed by atoms with Gasteiger partial charge in [-0.15, -0.1) is 0 Å². The summed E-state index contributed by atoms with van der Waals surface area (Å²) in [4.78, 5) is 72.5. The molecule has 0 bridgehead atoms. The van der Waals surface area contributed by atoms with Crippen molar-refractivity contribution < 1.29 is 80.2 Å². The topological polar surface area (TPSA) is 237 Å². The first kappa shape index (κ1) is 86.1. The lowest BCUT2D eigenvalue weighted by atomic mass is 10.0. The fourth-order valence-electron chi connectivity index (χ4n) is 10.3. The molecule has 0 aromatic carbocycles. The standard InChI is InChI=1S/C69H134O17P2/c1-59(2)45-37-29-21-15-11-9-10-12-17-25-35-43-51-68(73)85-64(55-79-66(71)49-41-33-24-20-19-23-31-39-47-61(5)6)57-83-87(75,76)81-53-63(70)54-82-88(77,78)84-58-65(56-80-67(72)50-42-34-28-27-32-40-48-62(7)8)86-69(74)52-44-36-26-18-14-13-16-22-30-38-46-60(3)4/h59-65,70H,9-58H2,1-8H3,(H,75,76)(H,77,78)/t63-,64-,65-/m1/s1. The number of hydrogen-bond acceptors (Lipinski definition) is 15. The van der Waals surface area contributed by atoms with Crippen LogP contribution in [-0.2, 0) is 65.4 Å². The number of carbonyl (C=O) groups is 4. The molecular weight excluding hydrogens is 1160 g/mol. The average molecular weight is 1300 g/mol. The fourth-order valence-corrected chi connectivity index (χ4v) is 11.9. The molecule has 0 aromatic rings. The van der Waals surface area contributed by atoms with Gasteiger partial charge >= 0.3 is 39.5 Å². The van der Waals surface area contributed by atoms with Crippen molar-refractivity contribution in [3.05, 3.63) is 0 Å². The van der Waals surface area contributed by atoms with Crippen molar-refractivity contribution >= 4 is 39.5 Å². The Morgan fingerprint density at radius 1 is 0.284 bits per heavy atom. The van der Waals surface area contributed by atoms with Crippen molar-refractivity contribution in [3.63, 3.8) is 0 Å². The molecule has 522 valence electrons. The molecule has 0 rings (SSSR count). The van der Waals surface area contributed by atoms with Gasteiger partial charge in [-0.3, -0.25) is 37.3 Å². The maximum absolute atomic E-state index is 13.0. The van der Waals surface area contributed by atoms with E-state index in [9.17, 15) is 43.2 Å². The number of esters is 4. The third-order valence-electron chi connectivity index (χ3n) is 15.8. The van der Waals surface area contributed by atoms with Crippen LogP contribution in [0, 0.1) is 23.7 Å². The van der Waals surface area contributed by atoms with Gasteiger partial charge in [-0.05, 0) is 49.4 Å². The van der Waals surface area contributed by atoms with Crippen LogP contribution >= 0.6 is 15.6 Å². The molecule has 0 saturated carbocycles. The summed E-state index contributed by atoms with van der Waals surface area (Å²) in [5, 5.41) is 10.6. The fraction of sp³-hybridized carbons (Fsp3) is 0.942. The van der Waals surface area contributed by atoms with Gasteiger partial charge in [0.05, 0.1) is 26.4 Å². The molecule has 0 spiro atoms. The highest BCUT2D eigenvalue weighted by atomic mass is 31.2. The first-order chi connectivity index (χ1) is 42.1. The predicted molar refractivity (Wildman–Crippen MR) is 354 cm³/mol. The average Bonchev–Trinajstić information content (AvgIpc) is 3.67. The van der Waals surface area contributed by atoms with Crippen molar-refractivity contribution in [2.75, 3.05) is 39.6 Å². The van der Waals surface area contributed by atoms with Gasteiger partial charge in [0.1, 0.15) is 19.3 Å². The van der Waals surface area contributed by atoms with Gasteiger partial charge in [-0.1, -0.05) is 287 Å². The van der Waals surface area contributed by atoms with E-state index in [0.29, 0.717) is 31.6 Å². The Morgan fingerprint density at radius 2 is 0.477 bits per heavy atom. The van der Waals surface area contributed by atoms with E-state index >= 15 is 0 Å². The van der Waals surface area contributed by atoms with Gasteiger partial charge < -0.3 is 33.8 Å². The second-order valence-corrected chi connectivity index (χ2v) is 29.7. The molecule has 0 fully saturated rings. The summed E-state index contributed by atoms with van der Waals surface area (Å²) in [7, 11) is -9.90. The summed E-state index contributed by atoms with van der Waals surface area (Å²) in [5.74, 6) is 0.802. The van der Waals surface area contributed by atoms with Gasteiger partial charge in [0, 0.05) is 25.7 Å². The Labute approximate surface area is 537 Å². The molecule has 5 atom stereocenters. The number of rotatable bonds is 66. The zero-order valence-corrected chi connectivity index (χ0v) is 59.1. The Bertz CT molecular complexity index is 1750. The third-order valence-corrected chi connectivity index (χ3v) is 17.7. The van der Waals surface area contributed by atoms with E-state index in [-0.39, 0.29) is 25.7 Å². The van der Waals surface area contributed by atoms with Crippen LogP contribution in [-0.4, -0.2) is 96.7 Å². The summed E-state index contributed by atoms with van der Waals surface area (Å²) >= 11 is 0. The SMILES string of the molecule is CC(C)CCCCCCCCCCCCCCC(=O)O[C@H](COC(=O)CCCCCCCCCCC(C)C)COP(=O)(O)OC[C@@H](O)COP(=O)(O)OC[C@@H](COC(=O)CCCCCCCCC(C)C)OC(=O)CCCCCCCCCCCCC(C)C. The van der Waals surface area contributed by atoms with Crippen LogP contribution in [0.1, 0.15) is 338 Å². The summed E-state index contributed by atoms with van der Waals surface area (Å²) in [6.07, 6.45) is 40.5. The molecule has 0 aliphatic rings. The Hall–Kier alpha value is -1.94. The van der Waals surface area contributed by atoms with Crippen molar-refractivity contribution in [1.82, 2.24) is 0 Å². The van der Waals surface area contributed by atoms with Crippen LogP contribution in [0.2, 0.25) is 0 Å². The van der Waals surface area contributed by atoms with Crippen LogP contribution in [0.15, 0.2) is 0 Å². The minimum absolute atomic E-state index is 0.104. The molecule has 0 aliphatic heterocycles. The quantitative estimate of drug-likeness (QED) is 0.0222. The summed E-state index contributed by atoms with van der Waals surface area (Å²) in [6.45, 7) is 14.0. The Balaban J connectivity index is 5.25. The number of phosphoric ester groups is 2. The Morgan fingerprint density at radius 3 is 0.705 bits per heavy atom. The molecule has 3 N–H and O–H groups in total. The van der Waals surface area contributed by atoms with E-state index in [2.05, 4.69) is 55.4 Å².